The van der Waals surface area contributed by atoms with Gasteiger partial charge in [0.15, 0.2) is 6.10 Å². The lowest BCUT2D eigenvalue weighted by Gasteiger charge is -2.18. The highest BCUT2D eigenvalue weighted by Crippen LogP contribution is 2.18. The first-order chi connectivity index (χ1) is 36.0. The smallest absolute Gasteiger partial charge is 0.306 e. The molecule has 0 heterocycles. The fourth-order valence-electron chi connectivity index (χ4n) is 9.71. The molecule has 1 unspecified atom stereocenters. The third kappa shape index (κ3) is 60.4. The Morgan fingerprint density at radius 1 is 0.274 bits per heavy atom. The molecule has 0 radical (unpaired) electrons. The molecule has 0 saturated carbocycles. The van der Waals surface area contributed by atoms with Crippen molar-refractivity contribution in [3.63, 3.8) is 0 Å². The van der Waals surface area contributed by atoms with Crippen LogP contribution in [0.4, 0.5) is 0 Å². The van der Waals surface area contributed by atoms with E-state index >= 15 is 0 Å². The van der Waals surface area contributed by atoms with Gasteiger partial charge in [0, 0.05) is 19.3 Å². The third-order valence-corrected chi connectivity index (χ3v) is 14.6. The molecule has 6 nitrogen and oxygen atoms in total. The van der Waals surface area contributed by atoms with Gasteiger partial charge in [-0.1, -0.05) is 295 Å². The second-order valence-electron chi connectivity index (χ2n) is 22.0. The third-order valence-electron chi connectivity index (χ3n) is 14.6. The molecule has 0 bridgehead atoms. The fraction of sp³-hybridized carbons (Fsp3) is 0.866. The van der Waals surface area contributed by atoms with Crippen molar-refractivity contribution in [2.75, 3.05) is 13.2 Å². The second-order valence-corrected chi connectivity index (χ2v) is 22.0. The van der Waals surface area contributed by atoms with Gasteiger partial charge < -0.3 is 14.2 Å². The van der Waals surface area contributed by atoms with E-state index in [0.29, 0.717) is 19.3 Å². The van der Waals surface area contributed by atoms with E-state index in [1.54, 1.807) is 0 Å². The number of carbonyl (C=O) groups is 3. The molecule has 0 N–H and O–H groups in total. The SMILES string of the molecule is CCCCCC/C=C\C/C=C\CCCCCCCC(=O)OC(COC(=O)CCCCCCC/C=C\CCCCCC)COC(=O)CCCCCCCCCCCCCCCCCCCCCCCCCCCC. The van der Waals surface area contributed by atoms with Crippen LogP contribution in [-0.4, -0.2) is 37.2 Å². The molecule has 0 amide bonds. The number of allylic oxidation sites excluding steroid dienone is 6. The van der Waals surface area contributed by atoms with E-state index < -0.39 is 6.10 Å². The monoisotopic (exact) mass is 1020 g/mol. The zero-order valence-corrected chi connectivity index (χ0v) is 49.2. The summed E-state index contributed by atoms with van der Waals surface area (Å²) >= 11 is 0. The minimum absolute atomic E-state index is 0.0766. The lowest BCUT2D eigenvalue weighted by molar-refractivity contribution is -0.167. The van der Waals surface area contributed by atoms with Crippen LogP contribution in [0, 0.1) is 0 Å². The number of hydrogen-bond acceptors (Lipinski definition) is 6. The molecule has 0 aliphatic carbocycles. The Morgan fingerprint density at radius 3 is 0.781 bits per heavy atom. The van der Waals surface area contributed by atoms with Crippen molar-refractivity contribution in [3.8, 4) is 0 Å². The minimum atomic E-state index is -0.781. The Kier molecular flexibility index (Phi) is 60.2. The van der Waals surface area contributed by atoms with Gasteiger partial charge in [-0.2, -0.15) is 0 Å². The van der Waals surface area contributed by atoms with Crippen molar-refractivity contribution in [1.82, 2.24) is 0 Å². The summed E-state index contributed by atoms with van der Waals surface area (Å²) in [5, 5.41) is 0. The molecule has 0 spiro atoms. The van der Waals surface area contributed by atoms with E-state index in [1.807, 2.05) is 0 Å². The molecular formula is C67H124O6. The van der Waals surface area contributed by atoms with E-state index in [9.17, 15) is 14.4 Å². The number of ether oxygens (including phenoxy) is 3. The van der Waals surface area contributed by atoms with Crippen LogP contribution in [0.5, 0.6) is 0 Å². The Labute approximate surface area is 455 Å². The molecule has 0 rings (SSSR count). The lowest BCUT2D eigenvalue weighted by Crippen LogP contribution is -2.30. The molecule has 0 aliphatic rings. The first-order valence-corrected chi connectivity index (χ1v) is 32.5. The summed E-state index contributed by atoms with van der Waals surface area (Å²) in [6.07, 6.45) is 75.9. The molecule has 0 aromatic carbocycles. The maximum atomic E-state index is 12.9. The second kappa shape index (κ2) is 62.2. The molecule has 0 saturated heterocycles. The zero-order chi connectivity index (χ0) is 52.9. The highest BCUT2D eigenvalue weighted by molar-refractivity contribution is 5.71. The average molecular weight is 1030 g/mol. The normalized spacial score (nSPS) is 12.2. The van der Waals surface area contributed by atoms with Gasteiger partial charge in [0.2, 0.25) is 0 Å². The minimum Gasteiger partial charge on any atom is -0.462 e. The summed E-state index contributed by atoms with van der Waals surface area (Å²) in [6, 6.07) is 0. The van der Waals surface area contributed by atoms with Crippen LogP contribution in [0.3, 0.4) is 0 Å². The quantitative estimate of drug-likeness (QED) is 0.0261. The maximum absolute atomic E-state index is 12.9. The molecule has 6 heteroatoms. The lowest BCUT2D eigenvalue weighted by atomic mass is 10.0. The predicted octanol–water partition coefficient (Wildman–Crippen LogP) is 22.0. The highest BCUT2D eigenvalue weighted by Gasteiger charge is 2.19. The summed E-state index contributed by atoms with van der Waals surface area (Å²) in [4.78, 5) is 38.2. The van der Waals surface area contributed by atoms with E-state index in [2.05, 4.69) is 57.2 Å². The Hall–Kier alpha value is -2.37. The van der Waals surface area contributed by atoms with Crippen LogP contribution in [0.2, 0.25) is 0 Å². The van der Waals surface area contributed by atoms with Gasteiger partial charge in [0.1, 0.15) is 13.2 Å². The first kappa shape index (κ1) is 70.6. The molecule has 428 valence electrons. The number of hydrogen-bond donors (Lipinski definition) is 0. The molecule has 0 aromatic rings. The molecule has 1 atom stereocenters. The standard InChI is InChI=1S/C67H124O6/c1-4-7-10-13-16-19-22-25-27-29-30-31-32-33-34-35-36-37-38-40-42-45-48-51-54-57-60-66(69)72-63-64(62-71-65(68)59-56-53-50-47-44-41-24-21-18-15-12-9-6-3)73-67(70)61-58-55-52-49-46-43-39-28-26-23-20-17-14-11-8-5-2/h20-21,23-24,28,39,64H,4-19,22,25-27,29-38,40-63H2,1-3H3/b23-20-,24-21-,39-28-. The van der Waals surface area contributed by atoms with Crippen molar-refractivity contribution in [2.45, 2.75) is 361 Å². The predicted molar refractivity (Wildman–Crippen MR) is 316 cm³/mol. The van der Waals surface area contributed by atoms with Crippen molar-refractivity contribution in [2.24, 2.45) is 0 Å². The van der Waals surface area contributed by atoms with E-state index in [4.69, 9.17) is 14.2 Å². The number of carbonyl (C=O) groups excluding carboxylic acids is 3. The van der Waals surface area contributed by atoms with Gasteiger partial charge in [0.05, 0.1) is 0 Å². The van der Waals surface area contributed by atoms with Gasteiger partial charge in [-0.25, -0.2) is 0 Å². The van der Waals surface area contributed by atoms with E-state index in [1.165, 1.54) is 225 Å². The Bertz CT molecular complexity index is 1220. The molecule has 0 aliphatic heterocycles. The highest BCUT2D eigenvalue weighted by atomic mass is 16.6. The van der Waals surface area contributed by atoms with Crippen molar-refractivity contribution in [3.05, 3.63) is 36.5 Å². The first-order valence-electron chi connectivity index (χ1n) is 32.5. The fourth-order valence-corrected chi connectivity index (χ4v) is 9.71. The van der Waals surface area contributed by atoms with Gasteiger partial charge in [-0.3, -0.25) is 14.4 Å². The number of rotatable bonds is 60. The van der Waals surface area contributed by atoms with Crippen LogP contribution in [0.25, 0.3) is 0 Å². The van der Waals surface area contributed by atoms with E-state index in [-0.39, 0.29) is 31.1 Å². The van der Waals surface area contributed by atoms with Crippen molar-refractivity contribution >= 4 is 17.9 Å². The molecular weight excluding hydrogens is 901 g/mol. The summed E-state index contributed by atoms with van der Waals surface area (Å²) < 4.78 is 16.9. The summed E-state index contributed by atoms with van der Waals surface area (Å²) in [5.41, 5.74) is 0. The Balaban J connectivity index is 4.22. The molecule has 0 fully saturated rings. The van der Waals surface area contributed by atoms with E-state index in [0.717, 1.165) is 89.9 Å². The van der Waals surface area contributed by atoms with Crippen LogP contribution in [0.15, 0.2) is 36.5 Å². The topological polar surface area (TPSA) is 78.9 Å². The van der Waals surface area contributed by atoms with Gasteiger partial charge in [-0.05, 0) is 77.0 Å². The largest absolute Gasteiger partial charge is 0.462 e. The summed E-state index contributed by atoms with van der Waals surface area (Å²) in [7, 11) is 0. The van der Waals surface area contributed by atoms with Gasteiger partial charge in [-0.15, -0.1) is 0 Å². The van der Waals surface area contributed by atoms with Crippen molar-refractivity contribution < 1.29 is 28.6 Å². The van der Waals surface area contributed by atoms with Crippen LogP contribution >= 0.6 is 0 Å². The van der Waals surface area contributed by atoms with Gasteiger partial charge in [0.25, 0.3) is 0 Å². The molecule has 0 aromatic heterocycles. The zero-order valence-electron chi connectivity index (χ0n) is 49.2. The summed E-state index contributed by atoms with van der Waals surface area (Å²) in [6.45, 7) is 6.64. The van der Waals surface area contributed by atoms with Gasteiger partial charge >= 0.3 is 17.9 Å². The average Bonchev–Trinajstić information content (AvgIpc) is 3.39. The van der Waals surface area contributed by atoms with Crippen LogP contribution < -0.4 is 0 Å². The summed E-state index contributed by atoms with van der Waals surface area (Å²) in [5.74, 6) is -0.878. The number of esters is 3. The number of unbranched alkanes of at least 4 members (excludes halogenated alkanes) is 43. The van der Waals surface area contributed by atoms with Crippen LogP contribution in [0.1, 0.15) is 355 Å². The Morgan fingerprint density at radius 2 is 0.493 bits per heavy atom. The van der Waals surface area contributed by atoms with Crippen molar-refractivity contribution in [1.29, 1.82) is 0 Å². The van der Waals surface area contributed by atoms with Crippen LogP contribution in [-0.2, 0) is 28.6 Å². The maximum Gasteiger partial charge on any atom is 0.306 e. The molecule has 73 heavy (non-hydrogen) atoms.